The van der Waals surface area contributed by atoms with Crippen molar-refractivity contribution in [1.29, 1.82) is 0 Å². The first kappa shape index (κ1) is 12.8. The molecule has 88 valence electrons. The molecule has 0 bridgehead atoms. The fourth-order valence-electron chi connectivity index (χ4n) is 1.55. The third-order valence-corrected chi connectivity index (χ3v) is 2.67. The molecule has 16 heavy (non-hydrogen) atoms. The zero-order chi connectivity index (χ0) is 12.3. The zero-order valence-corrected chi connectivity index (χ0v) is 10.6. The zero-order valence-electron chi connectivity index (χ0n) is 9.83. The number of carbonyl (C=O) groups excluding carboxylic acids is 1. The molecular weight excluding hydrogens is 224 g/mol. The SMILES string of the molecule is CC(C)CN(C)C(=O)c1cccc(N)c1Cl. The lowest BCUT2D eigenvalue weighted by Crippen LogP contribution is -2.30. The standard InChI is InChI=1S/C12H17ClN2O/c1-8(2)7-15(3)12(16)9-5-4-6-10(14)11(9)13/h4-6,8H,7,14H2,1-3H3. The Bertz CT molecular complexity index is 391. The Morgan fingerprint density at radius 2 is 2.12 bits per heavy atom. The minimum atomic E-state index is -0.0917. The molecule has 0 atom stereocenters. The first-order valence-corrected chi connectivity index (χ1v) is 5.60. The number of anilines is 1. The van der Waals surface area contributed by atoms with Gasteiger partial charge in [0.15, 0.2) is 0 Å². The van der Waals surface area contributed by atoms with E-state index in [1.54, 1.807) is 30.1 Å². The van der Waals surface area contributed by atoms with E-state index >= 15 is 0 Å². The van der Waals surface area contributed by atoms with Gasteiger partial charge >= 0.3 is 0 Å². The Balaban J connectivity index is 2.92. The van der Waals surface area contributed by atoms with E-state index in [0.717, 1.165) is 0 Å². The van der Waals surface area contributed by atoms with Gasteiger partial charge in [0.2, 0.25) is 0 Å². The Morgan fingerprint density at radius 3 is 2.69 bits per heavy atom. The first-order chi connectivity index (χ1) is 7.43. The van der Waals surface area contributed by atoms with E-state index in [4.69, 9.17) is 17.3 Å². The lowest BCUT2D eigenvalue weighted by Gasteiger charge is -2.20. The molecule has 0 spiro atoms. The highest BCUT2D eigenvalue weighted by Crippen LogP contribution is 2.24. The summed E-state index contributed by atoms with van der Waals surface area (Å²) < 4.78 is 0. The van der Waals surface area contributed by atoms with Crippen LogP contribution in [-0.4, -0.2) is 24.4 Å². The summed E-state index contributed by atoms with van der Waals surface area (Å²) in [5.74, 6) is 0.333. The Labute approximate surface area is 101 Å². The average Bonchev–Trinajstić information content (AvgIpc) is 2.20. The quantitative estimate of drug-likeness (QED) is 0.826. The van der Waals surface area contributed by atoms with Gasteiger partial charge in [-0.3, -0.25) is 4.79 Å². The summed E-state index contributed by atoms with van der Waals surface area (Å²) in [4.78, 5) is 13.7. The van der Waals surface area contributed by atoms with Gasteiger partial charge in [0.05, 0.1) is 16.3 Å². The first-order valence-electron chi connectivity index (χ1n) is 5.23. The number of nitrogen functional groups attached to an aromatic ring is 1. The smallest absolute Gasteiger partial charge is 0.255 e. The number of amides is 1. The highest BCUT2D eigenvalue weighted by Gasteiger charge is 2.16. The molecule has 1 aromatic carbocycles. The number of rotatable bonds is 3. The number of nitrogens with two attached hydrogens (primary N) is 1. The van der Waals surface area contributed by atoms with E-state index < -0.39 is 0 Å². The molecule has 0 aromatic heterocycles. The minimum Gasteiger partial charge on any atom is -0.398 e. The van der Waals surface area contributed by atoms with Gasteiger partial charge in [-0.15, -0.1) is 0 Å². The second-order valence-electron chi connectivity index (χ2n) is 4.29. The molecule has 0 aliphatic carbocycles. The molecule has 0 heterocycles. The van der Waals surface area contributed by atoms with Crippen LogP contribution in [0, 0.1) is 5.92 Å². The van der Waals surface area contributed by atoms with Gasteiger partial charge in [-0.2, -0.15) is 0 Å². The van der Waals surface area contributed by atoms with Crippen molar-refractivity contribution >= 4 is 23.2 Å². The van der Waals surface area contributed by atoms with Crippen LogP contribution in [0.15, 0.2) is 18.2 Å². The lowest BCUT2D eigenvalue weighted by molar-refractivity contribution is 0.0779. The van der Waals surface area contributed by atoms with Crippen molar-refractivity contribution < 1.29 is 4.79 Å². The highest BCUT2D eigenvalue weighted by molar-refractivity contribution is 6.36. The van der Waals surface area contributed by atoms with Crippen LogP contribution in [0.5, 0.6) is 0 Å². The molecule has 4 heteroatoms. The molecule has 1 rings (SSSR count). The van der Waals surface area contributed by atoms with Crippen molar-refractivity contribution in [3.63, 3.8) is 0 Å². The molecule has 0 aliphatic heterocycles. The normalized spacial score (nSPS) is 10.6. The summed E-state index contributed by atoms with van der Waals surface area (Å²) in [5.41, 5.74) is 6.56. The second kappa shape index (κ2) is 5.21. The number of benzene rings is 1. The predicted octanol–water partition coefficient (Wildman–Crippen LogP) is 2.65. The van der Waals surface area contributed by atoms with Crippen LogP contribution in [0.25, 0.3) is 0 Å². The van der Waals surface area contributed by atoms with Crippen LogP contribution in [0.3, 0.4) is 0 Å². The maximum Gasteiger partial charge on any atom is 0.255 e. The van der Waals surface area contributed by atoms with E-state index in [2.05, 4.69) is 13.8 Å². The average molecular weight is 241 g/mol. The van der Waals surface area contributed by atoms with Crippen LogP contribution in [-0.2, 0) is 0 Å². The fourth-order valence-corrected chi connectivity index (χ4v) is 1.76. The van der Waals surface area contributed by atoms with E-state index in [1.807, 2.05) is 0 Å². The summed E-state index contributed by atoms with van der Waals surface area (Å²) in [7, 11) is 1.77. The summed E-state index contributed by atoms with van der Waals surface area (Å²) in [5, 5.41) is 0.336. The number of halogens is 1. The molecule has 0 saturated carbocycles. The Hall–Kier alpha value is -1.22. The maximum atomic E-state index is 12.0. The van der Waals surface area contributed by atoms with Crippen molar-refractivity contribution in [1.82, 2.24) is 4.90 Å². The molecule has 3 nitrogen and oxygen atoms in total. The second-order valence-corrected chi connectivity index (χ2v) is 4.67. The predicted molar refractivity (Wildman–Crippen MR) is 67.7 cm³/mol. The Kier molecular flexibility index (Phi) is 4.19. The van der Waals surface area contributed by atoms with Crippen molar-refractivity contribution in [2.24, 2.45) is 5.92 Å². The van der Waals surface area contributed by atoms with Crippen molar-refractivity contribution in [2.75, 3.05) is 19.3 Å². The van der Waals surface area contributed by atoms with Crippen LogP contribution < -0.4 is 5.73 Å². The van der Waals surface area contributed by atoms with E-state index in [0.29, 0.717) is 28.7 Å². The van der Waals surface area contributed by atoms with Crippen molar-refractivity contribution in [3.8, 4) is 0 Å². The van der Waals surface area contributed by atoms with Crippen LogP contribution in [0.4, 0.5) is 5.69 Å². The molecule has 1 aromatic rings. The van der Waals surface area contributed by atoms with Crippen LogP contribution >= 0.6 is 11.6 Å². The molecule has 0 fully saturated rings. The fraction of sp³-hybridized carbons (Fsp3) is 0.417. The van der Waals surface area contributed by atoms with Gasteiger partial charge in [0.1, 0.15) is 0 Å². The summed E-state index contributed by atoms with van der Waals surface area (Å²) in [6.45, 7) is 4.82. The number of carbonyl (C=O) groups is 1. The number of hydrogen-bond donors (Lipinski definition) is 1. The van der Waals surface area contributed by atoms with Crippen molar-refractivity contribution in [2.45, 2.75) is 13.8 Å². The molecular formula is C12H17ClN2O. The van der Waals surface area contributed by atoms with E-state index in [-0.39, 0.29) is 5.91 Å². The van der Waals surface area contributed by atoms with Crippen molar-refractivity contribution in [3.05, 3.63) is 28.8 Å². The van der Waals surface area contributed by atoms with Gasteiger partial charge < -0.3 is 10.6 Å². The van der Waals surface area contributed by atoms with Gasteiger partial charge in [-0.05, 0) is 18.1 Å². The third kappa shape index (κ3) is 2.89. The molecule has 2 N–H and O–H groups in total. The molecule has 0 saturated heterocycles. The van der Waals surface area contributed by atoms with Crippen LogP contribution in [0.2, 0.25) is 5.02 Å². The summed E-state index contributed by atoms with van der Waals surface area (Å²) in [6.07, 6.45) is 0. The monoisotopic (exact) mass is 240 g/mol. The van der Waals surface area contributed by atoms with Gasteiger partial charge in [-0.1, -0.05) is 31.5 Å². The maximum absolute atomic E-state index is 12.0. The summed E-state index contributed by atoms with van der Waals surface area (Å²) >= 11 is 6.00. The molecule has 0 aliphatic rings. The van der Waals surface area contributed by atoms with Crippen LogP contribution in [0.1, 0.15) is 24.2 Å². The van der Waals surface area contributed by atoms with Gasteiger partial charge in [0.25, 0.3) is 5.91 Å². The van der Waals surface area contributed by atoms with Gasteiger partial charge in [0, 0.05) is 13.6 Å². The van der Waals surface area contributed by atoms with E-state index in [1.165, 1.54) is 0 Å². The minimum absolute atomic E-state index is 0.0917. The van der Waals surface area contributed by atoms with E-state index in [9.17, 15) is 4.79 Å². The largest absolute Gasteiger partial charge is 0.398 e. The third-order valence-electron chi connectivity index (χ3n) is 2.24. The summed E-state index contributed by atoms with van der Waals surface area (Å²) in [6, 6.07) is 5.11. The Morgan fingerprint density at radius 1 is 1.50 bits per heavy atom. The molecule has 1 amide bonds. The number of hydrogen-bond acceptors (Lipinski definition) is 2. The highest BCUT2D eigenvalue weighted by atomic mass is 35.5. The number of nitrogens with zero attached hydrogens (tertiary/aromatic N) is 1. The lowest BCUT2D eigenvalue weighted by atomic mass is 10.1. The topological polar surface area (TPSA) is 46.3 Å². The van der Waals surface area contributed by atoms with Gasteiger partial charge in [-0.25, -0.2) is 0 Å². The molecule has 0 radical (unpaired) electrons. The molecule has 0 unspecified atom stereocenters.